The average molecular weight is 431 g/mol. The number of unbranched alkanes of at least 4 members (excludes halogenated alkanes) is 3. The predicted molar refractivity (Wildman–Crippen MR) is 118 cm³/mol. The number of hydrogen-bond acceptors (Lipinski definition) is 1. The SMILES string of the molecule is CCCCCCOC1CCC(C2CCC(C3CCC(CC)CC3)C(F)C2)C(F)C1F. The molecule has 3 rings (SSSR count). The van der Waals surface area contributed by atoms with Gasteiger partial charge in [-0.2, -0.15) is 0 Å². The zero-order valence-electron chi connectivity index (χ0n) is 19.3. The lowest BCUT2D eigenvalue weighted by Gasteiger charge is -2.44. The first-order valence-corrected chi connectivity index (χ1v) is 13.1. The second-order valence-corrected chi connectivity index (χ2v) is 10.5. The molecule has 0 aliphatic heterocycles. The maximum Gasteiger partial charge on any atom is 0.157 e. The van der Waals surface area contributed by atoms with E-state index in [1.807, 2.05) is 0 Å². The molecule has 3 saturated carbocycles. The van der Waals surface area contributed by atoms with Crippen molar-refractivity contribution in [2.24, 2.45) is 29.6 Å². The lowest BCUT2D eigenvalue weighted by molar-refractivity contribution is -0.0927. The van der Waals surface area contributed by atoms with Crippen LogP contribution in [0.5, 0.6) is 0 Å². The van der Waals surface area contributed by atoms with Gasteiger partial charge in [-0.1, -0.05) is 52.4 Å². The Kier molecular flexibility index (Phi) is 9.85. The maximum atomic E-state index is 15.1. The molecule has 1 nitrogen and oxygen atoms in total. The van der Waals surface area contributed by atoms with E-state index in [1.54, 1.807) is 0 Å². The Hall–Kier alpha value is -0.250. The summed E-state index contributed by atoms with van der Waals surface area (Å²) >= 11 is 0. The van der Waals surface area contributed by atoms with Gasteiger partial charge in [-0.3, -0.25) is 0 Å². The van der Waals surface area contributed by atoms with Gasteiger partial charge in [-0.05, 0) is 81.0 Å². The van der Waals surface area contributed by atoms with Crippen molar-refractivity contribution < 1.29 is 17.9 Å². The minimum atomic E-state index is -1.55. The first kappa shape index (κ1) is 24.4. The Labute approximate surface area is 182 Å². The Morgan fingerprint density at radius 2 is 1.40 bits per heavy atom. The lowest BCUT2D eigenvalue weighted by atomic mass is 9.64. The summed E-state index contributed by atoms with van der Waals surface area (Å²) in [7, 11) is 0. The van der Waals surface area contributed by atoms with Crippen LogP contribution in [0, 0.1) is 29.6 Å². The first-order chi connectivity index (χ1) is 14.5. The van der Waals surface area contributed by atoms with E-state index in [-0.39, 0.29) is 17.8 Å². The predicted octanol–water partition coefficient (Wildman–Crippen LogP) is 8.01. The lowest BCUT2D eigenvalue weighted by Crippen LogP contribution is -2.47. The monoisotopic (exact) mass is 430 g/mol. The summed E-state index contributed by atoms with van der Waals surface area (Å²) in [5.74, 6) is 1.17. The summed E-state index contributed by atoms with van der Waals surface area (Å²) in [6, 6.07) is 0. The molecule has 0 aromatic carbocycles. The van der Waals surface area contributed by atoms with Crippen LogP contribution >= 0.6 is 0 Å². The summed E-state index contributed by atoms with van der Waals surface area (Å²) in [5.41, 5.74) is 0. The molecule has 0 aromatic rings. The van der Waals surface area contributed by atoms with Crippen molar-refractivity contribution in [1.29, 1.82) is 0 Å². The number of hydrogen-bond donors (Lipinski definition) is 0. The third-order valence-corrected chi connectivity index (χ3v) is 8.73. The quantitative estimate of drug-likeness (QED) is 0.337. The minimum absolute atomic E-state index is 0.00184. The molecule has 0 amide bonds. The Balaban J connectivity index is 1.44. The fourth-order valence-electron chi connectivity index (χ4n) is 6.66. The molecule has 30 heavy (non-hydrogen) atoms. The number of rotatable bonds is 9. The molecule has 0 saturated heterocycles. The smallest absolute Gasteiger partial charge is 0.157 e. The van der Waals surface area contributed by atoms with Crippen molar-refractivity contribution in [3.63, 3.8) is 0 Å². The first-order valence-electron chi connectivity index (χ1n) is 13.1. The van der Waals surface area contributed by atoms with E-state index in [4.69, 9.17) is 4.74 Å². The summed E-state index contributed by atoms with van der Waals surface area (Å²) in [5, 5.41) is 0. The van der Waals surface area contributed by atoms with Crippen LogP contribution in [0.25, 0.3) is 0 Å². The van der Waals surface area contributed by atoms with Crippen LogP contribution in [-0.4, -0.2) is 31.2 Å². The van der Waals surface area contributed by atoms with E-state index >= 15 is 4.39 Å². The summed E-state index contributed by atoms with van der Waals surface area (Å²) in [6.07, 6.45) is 9.30. The third-order valence-electron chi connectivity index (χ3n) is 8.73. The number of ether oxygens (including phenoxy) is 1. The molecule has 0 radical (unpaired) electrons. The van der Waals surface area contributed by atoms with Crippen molar-refractivity contribution >= 4 is 0 Å². The van der Waals surface area contributed by atoms with Crippen LogP contribution in [0.15, 0.2) is 0 Å². The molecular weight excluding hydrogens is 385 g/mol. The van der Waals surface area contributed by atoms with Gasteiger partial charge in [0.15, 0.2) is 6.17 Å². The standard InChI is InChI=1S/C26H45F3O/c1-3-5-6-7-16-30-24-15-14-22(25(28)26(24)29)20-12-13-21(23(27)17-20)19-10-8-18(4-2)9-11-19/h18-26H,3-17H2,1-2H3. The summed E-state index contributed by atoms with van der Waals surface area (Å²) < 4.78 is 50.6. The Morgan fingerprint density at radius 1 is 0.700 bits per heavy atom. The zero-order valence-corrected chi connectivity index (χ0v) is 19.3. The van der Waals surface area contributed by atoms with Crippen LogP contribution in [0.4, 0.5) is 13.2 Å². The van der Waals surface area contributed by atoms with Crippen LogP contribution in [0.3, 0.4) is 0 Å². The van der Waals surface area contributed by atoms with Crippen molar-refractivity contribution in [1.82, 2.24) is 0 Å². The van der Waals surface area contributed by atoms with E-state index in [0.29, 0.717) is 31.8 Å². The highest BCUT2D eigenvalue weighted by atomic mass is 19.2. The van der Waals surface area contributed by atoms with Gasteiger partial charge >= 0.3 is 0 Å². The topological polar surface area (TPSA) is 9.23 Å². The van der Waals surface area contributed by atoms with Gasteiger partial charge < -0.3 is 4.74 Å². The molecule has 7 atom stereocenters. The third kappa shape index (κ3) is 6.17. The molecule has 4 heteroatoms. The molecule has 0 heterocycles. The highest BCUT2D eigenvalue weighted by Crippen LogP contribution is 2.47. The van der Waals surface area contributed by atoms with Gasteiger partial charge in [0, 0.05) is 6.61 Å². The van der Waals surface area contributed by atoms with Crippen molar-refractivity contribution in [2.45, 2.75) is 128 Å². The van der Waals surface area contributed by atoms with Crippen LogP contribution in [0.1, 0.15) is 104 Å². The van der Waals surface area contributed by atoms with Crippen LogP contribution in [-0.2, 0) is 4.74 Å². The molecule has 0 spiro atoms. The van der Waals surface area contributed by atoms with Crippen LogP contribution < -0.4 is 0 Å². The van der Waals surface area contributed by atoms with Gasteiger partial charge in [0.25, 0.3) is 0 Å². The highest BCUT2D eigenvalue weighted by molar-refractivity contribution is 4.96. The van der Waals surface area contributed by atoms with Gasteiger partial charge in [0.1, 0.15) is 12.3 Å². The van der Waals surface area contributed by atoms with Crippen molar-refractivity contribution in [3.05, 3.63) is 0 Å². The Bertz CT molecular complexity index is 479. The molecule has 3 aliphatic rings. The second kappa shape index (κ2) is 12.1. The minimum Gasteiger partial charge on any atom is -0.375 e. The van der Waals surface area contributed by atoms with Crippen molar-refractivity contribution in [2.75, 3.05) is 6.61 Å². The molecule has 3 fully saturated rings. The molecular formula is C26H45F3O. The van der Waals surface area contributed by atoms with Gasteiger partial charge in [0.05, 0.1) is 6.10 Å². The van der Waals surface area contributed by atoms with Crippen molar-refractivity contribution in [3.8, 4) is 0 Å². The summed E-state index contributed by atoms with van der Waals surface area (Å²) in [6.45, 7) is 4.94. The molecule has 0 N–H and O–H groups in total. The largest absolute Gasteiger partial charge is 0.375 e. The normalized spacial score (nSPS) is 42.9. The Morgan fingerprint density at radius 3 is 2.07 bits per heavy atom. The molecule has 3 aliphatic carbocycles. The van der Waals surface area contributed by atoms with E-state index in [0.717, 1.165) is 57.3 Å². The molecule has 0 bridgehead atoms. The van der Waals surface area contributed by atoms with E-state index in [9.17, 15) is 8.78 Å². The zero-order chi connectivity index (χ0) is 21.5. The fourth-order valence-corrected chi connectivity index (χ4v) is 6.66. The van der Waals surface area contributed by atoms with Gasteiger partial charge in [-0.25, -0.2) is 13.2 Å². The highest BCUT2D eigenvalue weighted by Gasteiger charge is 2.47. The fraction of sp³-hybridized carbons (Fsp3) is 1.00. The summed E-state index contributed by atoms with van der Waals surface area (Å²) in [4.78, 5) is 0. The number of alkyl halides is 3. The van der Waals surface area contributed by atoms with E-state index in [2.05, 4.69) is 13.8 Å². The average Bonchev–Trinajstić information content (AvgIpc) is 2.76. The van der Waals surface area contributed by atoms with Crippen LogP contribution in [0.2, 0.25) is 0 Å². The molecule has 7 unspecified atom stereocenters. The number of halogens is 3. The molecule has 176 valence electrons. The molecule has 0 aromatic heterocycles. The second-order valence-electron chi connectivity index (χ2n) is 10.5. The van der Waals surface area contributed by atoms with Gasteiger partial charge in [0.2, 0.25) is 0 Å². The maximum absolute atomic E-state index is 15.1. The van der Waals surface area contributed by atoms with E-state index < -0.39 is 24.6 Å². The van der Waals surface area contributed by atoms with Gasteiger partial charge in [-0.15, -0.1) is 0 Å². The van der Waals surface area contributed by atoms with E-state index in [1.165, 1.54) is 19.3 Å².